The van der Waals surface area contributed by atoms with Gasteiger partial charge >= 0.3 is 14.8 Å². The average molecular weight is 321 g/mol. The van der Waals surface area contributed by atoms with Gasteiger partial charge in [0, 0.05) is 33.9 Å². The first kappa shape index (κ1) is 20.0. The fraction of sp³-hybridized carbons (Fsp3) is 0.846. The molecule has 0 bridgehead atoms. The van der Waals surface area contributed by atoms with Crippen molar-refractivity contribution in [3.63, 3.8) is 0 Å². The molecule has 0 aliphatic heterocycles. The summed E-state index contributed by atoms with van der Waals surface area (Å²) in [6, 6.07) is 0.597. The summed E-state index contributed by atoms with van der Waals surface area (Å²) in [5.74, 6) is -2.50. The van der Waals surface area contributed by atoms with E-state index in [1.54, 1.807) is 0 Å². The number of unbranched alkanes of at least 4 members (excludes halogenated alkanes) is 1. The fourth-order valence-corrected chi connectivity index (χ4v) is 3.78. The van der Waals surface area contributed by atoms with Crippen LogP contribution >= 0.6 is 0 Å². The summed E-state index contributed by atoms with van der Waals surface area (Å²) >= 11 is 0. The smallest absolute Gasteiger partial charge is 0.481 e. The lowest BCUT2D eigenvalue weighted by Crippen LogP contribution is -2.42. The van der Waals surface area contributed by atoms with Crippen LogP contribution in [-0.2, 0) is 22.9 Å². The van der Waals surface area contributed by atoms with Gasteiger partial charge in [0.2, 0.25) is 5.91 Å². The number of nitrogens with one attached hydrogen (secondary N) is 1. The molecule has 0 aromatic heterocycles. The highest BCUT2D eigenvalue weighted by Gasteiger charge is 2.37. The molecule has 0 saturated carbocycles. The van der Waals surface area contributed by atoms with E-state index in [1.807, 2.05) is 6.92 Å². The van der Waals surface area contributed by atoms with Crippen molar-refractivity contribution in [3.8, 4) is 0 Å². The first-order valence-corrected chi connectivity index (χ1v) is 9.05. The van der Waals surface area contributed by atoms with E-state index in [2.05, 4.69) is 5.32 Å². The number of carboxylic acids is 1. The molecule has 0 aromatic rings. The molecular formula is C13H27NO6Si. The zero-order valence-electron chi connectivity index (χ0n) is 13.3. The Morgan fingerprint density at radius 1 is 1.14 bits per heavy atom. The maximum Gasteiger partial charge on any atom is 0.500 e. The van der Waals surface area contributed by atoms with Gasteiger partial charge in [-0.25, -0.2) is 0 Å². The van der Waals surface area contributed by atoms with E-state index in [-0.39, 0.29) is 0 Å². The summed E-state index contributed by atoms with van der Waals surface area (Å²) in [6.07, 6.45) is 2.36. The molecule has 0 spiro atoms. The van der Waals surface area contributed by atoms with Gasteiger partial charge in [-0.2, -0.15) is 0 Å². The van der Waals surface area contributed by atoms with E-state index in [9.17, 15) is 9.59 Å². The second-order valence-corrected chi connectivity index (χ2v) is 7.81. The van der Waals surface area contributed by atoms with Gasteiger partial charge in [0.15, 0.2) is 0 Å². The summed E-state index contributed by atoms with van der Waals surface area (Å²) in [4.78, 5) is 22.9. The van der Waals surface area contributed by atoms with Gasteiger partial charge in [-0.1, -0.05) is 13.3 Å². The number of amides is 1. The second-order valence-electron chi connectivity index (χ2n) is 4.72. The van der Waals surface area contributed by atoms with Crippen LogP contribution in [0, 0.1) is 5.92 Å². The number of carboxylic acid groups (broad SMARTS) is 1. The van der Waals surface area contributed by atoms with E-state index in [0.29, 0.717) is 31.9 Å². The summed E-state index contributed by atoms with van der Waals surface area (Å²) < 4.78 is 15.9. The Kier molecular flexibility index (Phi) is 10.2. The number of carbonyl (C=O) groups is 2. The Morgan fingerprint density at radius 3 is 2.14 bits per heavy atom. The van der Waals surface area contributed by atoms with Crippen LogP contribution in [0.4, 0.5) is 0 Å². The molecule has 2 N–H and O–H groups in total. The molecule has 0 aromatic carbocycles. The molecule has 0 aliphatic carbocycles. The van der Waals surface area contributed by atoms with Gasteiger partial charge in [0.25, 0.3) is 0 Å². The third-order valence-corrected chi connectivity index (χ3v) is 6.15. The van der Waals surface area contributed by atoms with Crippen LogP contribution in [0.15, 0.2) is 0 Å². The quantitative estimate of drug-likeness (QED) is 0.319. The lowest BCUT2D eigenvalue weighted by molar-refractivity contribution is -0.147. The van der Waals surface area contributed by atoms with Crippen LogP contribution in [0.25, 0.3) is 0 Å². The molecule has 1 amide bonds. The van der Waals surface area contributed by atoms with Gasteiger partial charge in [0.05, 0.1) is 0 Å². The second kappa shape index (κ2) is 10.7. The Hall–Kier alpha value is -0.963. The normalized spacial score (nSPS) is 13.0. The standard InChI is InChI=1S/C13H27NO6Si/c1-5-9-14-12(15)11(13(16)17)8-6-7-10-21(18-2,19-3)20-4/h11H,5-10H2,1-4H3,(H,14,15)(H,16,17). The van der Waals surface area contributed by atoms with Crippen molar-refractivity contribution in [3.05, 3.63) is 0 Å². The largest absolute Gasteiger partial charge is 0.500 e. The summed E-state index contributed by atoms with van der Waals surface area (Å²) in [5, 5.41) is 11.7. The Bertz CT molecular complexity index is 314. The number of hydrogen-bond acceptors (Lipinski definition) is 5. The number of aliphatic carboxylic acids is 1. The zero-order chi connectivity index (χ0) is 16.3. The van der Waals surface area contributed by atoms with E-state index in [4.69, 9.17) is 18.4 Å². The molecular weight excluding hydrogens is 294 g/mol. The molecule has 0 rings (SSSR count). The predicted octanol–water partition coefficient (Wildman–Crippen LogP) is 1.26. The fourth-order valence-electron chi connectivity index (χ4n) is 1.98. The molecule has 0 saturated heterocycles. The highest BCUT2D eigenvalue weighted by atomic mass is 28.4. The maximum absolute atomic E-state index is 11.7. The minimum Gasteiger partial charge on any atom is -0.481 e. The molecule has 7 nitrogen and oxygen atoms in total. The van der Waals surface area contributed by atoms with Gasteiger partial charge in [-0.3, -0.25) is 9.59 Å². The van der Waals surface area contributed by atoms with Crippen molar-refractivity contribution in [2.75, 3.05) is 27.9 Å². The highest BCUT2D eigenvalue weighted by Crippen LogP contribution is 2.19. The van der Waals surface area contributed by atoms with Crippen molar-refractivity contribution in [2.45, 2.75) is 38.7 Å². The first-order valence-electron chi connectivity index (χ1n) is 7.12. The van der Waals surface area contributed by atoms with Crippen LogP contribution in [-0.4, -0.2) is 53.7 Å². The van der Waals surface area contributed by atoms with E-state index >= 15 is 0 Å². The maximum atomic E-state index is 11.7. The predicted molar refractivity (Wildman–Crippen MR) is 79.9 cm³/mol. The topological polar surface area (TPSA) is 94.1 Å². The Balaban J connectivity index is 4.27. The van der Waals surface area contributed by atoms with Crippen molar-refractivity contribution in [1.82, 2.24) is 5.32 Å². The molecule has 124 valence electrons. The summed E-state index contributed by atoms with van der Waals surface area (Å²) in [7, 11) is 2.00. The highest BCUT2D eigenvalue weighted by molar-refractivity contribution is 6.60. The minimum atomic E-state index is -2.61. The minimum absolute atomic E-state index is 0.298. The average Bonchev–Trinajstić information content (AvgIpc) is 2.49. The van der Waals surface area contributed by atoms with Crippen LogP contribution in [0.5, 0.6) is 0 Å². The molecule has 8 heteroatoms. The van der Waals surface area contributed by atoms with E-state index in [0.717, 1.165) is 6.42 Å². The van der Waals surface area contributed by atoms with Gasteiger partial charge in [0.1, 0.15) is 5.92 Å². The monoisotopic (exact) mass is 321 g/mol. The van der Waals surface area contributed by atoms with Gasteiger partial charge in [-0.05, 0) is 19.3 Å². The van der Waals surface area contributed by atoms with Gasteiger partial charge in [-0.15, -0.1) is 0 Å². The van der Waals surface area contributed by atoms with Crippen molar-refractivity contribution in [1.29, 1.82) is 0 Å². The molecule has 21 heavy (non-hydrogen) atoms. The van der Waals surface area contributed by atoms with Crippen LogP contribution < -0.4 is 5.32 Å². The molecule has 0 aliphatic rings. The van der Waals surface area contributed by atoms with Gasteiger partial charge < -0.3 is 23.7 Å². The molecule has 1 unspecified atom stereocenters. The summed E-state index contributed by atoms with van der Waals surface area (Å²) in [6.45, 7) is 2.41. The Morgan fingerprint density at radius 2 is 1.71 bits per heavy atom. The molecule has 0 radical (unpaired) electrons. The lowest BCUT2D eigenvalue weighted by Gasteiger charge is -2.24. The first-order chi connectivity index (χ1) is 9.96. The lowest BCUT2D eigenvalue weighted by atomic mass is 10.0. The molecule has 0 fully saturated rings. The third kappa shape index (κ3) is 7.03. The number of rotatable bonds is 12. The summed E-state index contributed by atoms with van der Waals surface area (Å²) in [5.41, 5.74) is 0. The van der Waals surface area contributed by atoms with E-state index < -0.39 is 26.6 Å². The zero-order valence-corrected chi connectivity index (χ0v) is 14.3. The molecule has 1 atom stereocenters. The SMILES string of the molecule is CCCNC(=O)C(CCCC[Si](OC)(OC)OC)C(=O)O. The third-order valence-electron chi connectivity index (χ3n) is 3.32. The number of carbonyl (C=O) groups excluding carboxylic acids is 1. The van der Waals surface area contributed by atoms with Crippen LogP contribution in [0.3, 0.4) is 0 Å². The van der Waals surface area contributed by atoms with Crippen molar-refractivity contribution >= 4 is 20.7 Å². The van der Waals surface area contributed by atoms with Crippen LogP contribution in [0.2, 0.25) is 6.04 Å². The van der Waals surface area contributed by atoms with E-state index in [1.165, 1.54) is 21.3 Å². The molecule has 0 heterocycles. The van der Waals surface area contributed by atoms with Crippen molar-refractivity contribution < 1.29 is 28.0 Å². The number of hydrogen-bond donors (Lipinski definition) is 2. The van der Waals surface area contributed by atoms with Crippen LogP contribution in [0.1, 0.15) is 32.6 Å². The Labute approximate surface area is 127 Å². The van der Waals surface area contributed by atoms with Crippen molar-refractivity contribution in [2.24, 2.45) is 5.92 Å².